The van der Waals surface area contributed by atoms with E-state index >= 15 is 0 Å². The van der Waals surface area contributed by atoms with Gasteiger partial charge in [0.1, 0.15) is 0 Å². The summed E-state index contributed by atoms with van der Waals surface area (Å²) in [6.07, 6.45) is 11.6. The Morgan fingerprint density at radius 1 is 1.21 bits per heavy atom. The van der Waals surface area contributed by atoms with Crippen molar-refractivity contribution in [3.8, 4) is 0 Å². The fourth-order valence-electron chi connectivity index (χ4n) is 4.30. The van der Waals surface area contributed by atoms with Crippen LogP contribution < -0.4 is 4.72 Å². The maximum atomic E-state index is 10.5. The van der Waals surface area contributed by atoms with Crippen LogP contribution in [0.2, 0.25) is 0 Å². The molecule has 0 saturated heterocycles. The Bertz CT molecular complexity index is 560. The van der Waals surface area contributed by atoms with Crippen LogP contribution in [-0.4, -0.2) is 17.1 Å². The summed E-state index contributed by atoms with van der Waals surface area (Å²) in [5.74, 6) is 1.73. The van der Waals surface area contributed by atoms with E-state index in [1.165, 1.54) is 24.2 Å². The summed E-state index contributed by atoms with van der Waals surface area (Å²) in [4.78, 5) is 11.8. The second-order valence-corrected chi connectivity index (χ2v) is 7.96. The summed E-state index contributed by atoms with van der Waals surface area (Å²) in [5, 5.41) is 8.67. The van der Waals surface area contributed by atoms with Gasteiger partial charge in [0.2, 0.25) is 0 Å². The molecule has 2 aliphatic carbocycles. The molecule has 0 spiro atoms. The molecule has 2 N–H and O–H groups in total. The number of nitrogens with one attached hydrogen (secondary N) is 1. The average Bonchev–Trinajstić information content (AvgIpc) is 3.18. The normalized spacial score (nSPS) is 28.7. The maximum absolute atomic E-state index is 10.5. The van der Waals surface area contributed by atoms with Crippen molar-refractivity contribution >= 4 is 17.9 Å². The average molecular weight is 346 g/mol. The van der Waals surface area contributed by atoms with Crippen molar-refractivity contribution in [3.63, 3.8) is 0 Å². The molecule has 2 aliphatic rings. The van der Waals surface area contributed by atoms with Crippen molar-refractivity contribution in [1.82, 2.24) is 4.72 Å². The van der Waals surface area contributed by atoms with Gasteiger partial charge in [-0.15, -0.1) is 0 Å². The minimum absolute atomic E-state index is 0.274. The standard InChI is InChI=1S/C20H27NO2S/c22-19(23)11-7-2-1-6-10-18-15-12-13-16(14-15)20(18)21-24-17-8-4-3-5-9-17/h1,3-6,8-9,15-16,18,20-21H,2,7,10-14H2,(H,22,23)/b6-1-/t15-,16+,18+,20+/m1/s1. The largest absolute Gasteiger partial charge is 0.481 e. The molecule has 2 fully saturated rings. The van der Waals surface area contributed by atoms with Gasteiger partial charge in [0.25, 0.3) is 0 Å². The molecule has 0 amide bonds. The molecule has 4 heteroatoms. The third-order valence-electron chi connectivity index (χ3n) is 5.48. The number of hydrogen-bond donors (Lipinski definition) is 2. The van der Waals surface area contributed by atoms with Crippen molar-refractivity contribution in [3.05, 3.63) is 42.5 Å². The quantitative estimate of drug-likeness (QED) is 0.380. The van der Waals surface area contributed by atoms with Crippen LogP contribution in [0.3, 0.4) is 0 Å². The predicted octanol–water partition coefficient (Wildman–Crippen LogP) is 4.90. The molecule has 0 unspecified atom stereocenters. The highest BCUT2D eigenvalue weighted by molar-refractivity contribution is 7.97. The van der Waals surface area contributed by atoms with Gasteiger partial charge in [-0.3, -0.25) is 9.52 Å². The third kappa shape index (κ3) is 4.64. The van der Waals surface area contributed by atoms with Gasteiger partial charge in [-0.25, -0.2) is 0 Å². The number of rotatable bonds is 9. The van der Waals surface area contributed by atoms with E-state index in [1.807, 2.05) is 0 Å². The van der Waals surface area contributed by atoms with Crippen LogP contribution in [0.1, 0.15) is 44.9 Å². The fraction of sp³-hybridized carbons (Fsp3) is 0.550. The van der Waals surface area contributed by atoms with Crippen LogP contribution >= 0.6 is 11.9 Å². The lowest BCUT2D eigenvalue weighted by Crippen LogP contribution is -2.36. The number of carboxylic acids is 1. The molecule has 2 saturated carbocycles. The van der Waals surface area contributed by atoms with E-state index in [0.29, 0.717) is 6.04 Å². The lowest BCUT2D eigenvalue weighted by atomic mass is 9.83. The monoisotopic (exact) mass is 345 g/mol. The second-order valence-electron chi connectivity index (χ2n) is 7.05. The molecule has 2 bridgehead atoms. The summed E-state index contributed by atoms with van der Waals surface area (Å²) in [5.41, 5.74) is 0. The first-order valence-corrected chi connectivity index (χ1v) is 9.90. The zero-order valence-corrected chi connectivity index (χ0v) is 14.9. The summed E-state index contributed by atoms with van der Waals surface area (Å²) in [6.45, 7) is 0. The van der Waals surface area contributed by atoms with E-state index in [1.54, 1.807) is 11.9 Å². The number of unbranched alkanes of at least 4 members (excludes halogenated alkanes) is 1. The van der Waals surface area contributed by atoms with Gasteiger partial charge in [-0.05, 0) is 80.4 Å². The molecule has 1 aromatic carbocycles. The van der Waals surface area contributed by atoms with Crippen molar-refractivity contribution in [2.45, 2.75) is 55.9 Å². The predicted molar refractivity (Wildman–Crippen MR) is 98.8 cm³/mol. The summed E-state index contributed by atoms with van der Waals surface area (Å²) in [7, 11) is 0. The van der Waals surface area contributed by atoms with E-state index in [0.717, 1.165) is 37.0 Å². The Labute approximate surface area is 149 Å². The molecule has 0 aliphatic heterocycles. The van der Waals surface area contributed by atoms with E-state index in [2.05, 4.69) is 47.2 Å². The number of benzene rings is 1. The van der Waals surface area contributed by atoms with E-state index in [-0.39, 0.29) is 6.42 Å². The lowest BCUT2D eigenvalue weighted by Gasteiger charge is -2.30. The summed E-state index contributed by atoms with van der Waals surface area (Å²) in [6, 6.07) is 11.1. The van der Waals surface area contributed by atoms with Crippen LogP contribution in [0.5, 0.6) is 0 Å². The molecule has 24 heavy (non-hydrogen) atoms. The molecule has 0 heterocycles. The Kier molecular flexibility index (Phi) is 6.38. The van der Waals surface area contributed by atoms with E-state index < -0.39 is 5.97 Å². The highest BCUT2D eigenvalue weighted by Gasteiger charge is 2.46. The zero-order chi connectivity index (χ0) is 16.8. The fourth-order valence-corrected chi connectivity index (χ4v) is 5.23. The van der Waals surface area contributed by atoms with Crippen molar-refractivity contribution in [1.29, 1.82) is 0 Å². The smallest absolute Gasteiger partial charge is 0.303 e. The summed E-state index contributed by atoms with van der Waals surface area (Å²) < 4.78 is 3.75. The first kappa shape index (κ1) is 17.6. The molecular formula is C20H27NO2S. The Morgan fingerprint density at radius 2 is 2.00 bits per heavy atom. The first-order valence-electron chi connectivity index (χ1n) is 9.08. The molecule has 3 nitrogen and oxygen atoms in total. The van der Waals surface area contributed by atoms with Gasteiger partial charge < -0.3 is 5.11 Å². The molecule has 0 radical (unpaired) electrons. The van der Waals surface area contributed by atoms with Crippen LogP contribution in [0.25, 0.3) is 0 Å². The van der Waals surface area contributed by atoms with Crippen LogP contribution in [-0.2, 0) is 4.79 Å². The van der Waals surface area contributed by atoms with Crippen LogP contribution in [0.15, 0.2) is 47.4 Å². The van der Waals surface area contributed by atoms with Gasteiger partial charge in [-0.2, -0.15) is 0 Å². The maximum Gasteiger partial charge on any atom is 0.303 e. The number of fused-ring (bicyclic) bond motifs is 2. The van der Waals surface area contributed by atoms with Gasteiger partial charge in [-0.1, -0.05) is 30.4 Å². The SMILES string of the molecule is O=C(O)CCC/C=C\C[C@H]1[C@@H]2CC[C@@H](C2)[C@@H]1NSc1ccccc1. The van der Waals surface area contributed by atoms with Gasteiger partial charge in [0, 0.05) is 17.4 Å². The van der Waals surface area contributed by atoms with Crippen molar-refractivity contribution in [2.75, 3.05) is 0 Å². The molecule has 3 rings (SSSR count). The van der Waals surface area contributed by atoms with Crippen LogP contribution in [0, 0.1) is 17.8 Å². The van der Waals surface area contributed by atoms with Crippen molar-refractivity contribution in [2.24, 2.45) is 17.8 Å². The topological polar surface area (TPSA) is 49.3 Å². The van der Waals surface area contributed by atoms with E-state index in [9.17, 15) is 4.79 Å². The number of allylic oxidation sites excluding steroid dienone is 2. The molecule has 130 valence electrons. The number of carboxylic acid groups (broad SMARTS) is 1. The molecule has 1 aromatic rings. The Balaban J connectivity index is 1.47. The summed E-state index contributed by atoms with van der Waals surface area (Å²) >= 11 is 1.77. The Morgan fingerprint density at radius 3 is 2.79 bits per heavy atom. The molecule has 4 atom stereocenters. The highest BCUT2D eigenvalue weighted by Crippen LogP contribution is 2.50. The molecular weight excluding hydrogens is 318 g/mol. The zero-order valence-electron chi connectivity index (χ0n) is 14.1. The number of aliphatic carboxylic acids is 1. The van der Waals surface area contributed by atoms with Crippen molar-refractivity contribution < 1.29 is 9.90 Å². The van der Waals surface area contributed by atoms with Gasteiger partial charge in [0.05, 0.1) is 0 Å². The third-order valence-corrected chi connectivity index (χ3v) is 6.38. The Hall–Kier alpha value is -1.26. The lowest BCUT2D eigenvalue weighted by molar-refractivity contribution is -0.137. The van der Waals surface area contributed by atoms with Crippen LogP contribution in [0.4, 0.5) is 0 Å². The van der Waals surface area contributed by atoms with E-state index in [4.69, 9.17) is 5.11 Å². The first-order chi connectivity index (χ1) is 11.7. The second kappa shape index (κ2) is 8.72. The minimum atomic E-state index is -0.696. The molecule has 0 aromatic heterocycles. The number of hydrogen-bond acceptors (Lipinski definition) is 3. The highest BCUT2D eigenvalue weighted by atomic mass is 32.2. The number of carbonyl (C=O) groups is 1. The minimum Gasteiger partial charge on any atom is -0.481 e. The van der Waals surface area contributed by atoms with Gasteiger partial charge >= 0.3 is 5.97 Å². The van der Waals surface area contributed by atoms with Gasteiger partial charge in [0.15, 0.2) is 0 Å².